The monoisotopic (exact) mass is 394 g/mol. The Labute approximate surface area is 154 Å². The van der Waals surface area contributed by atoms with E-state index in [0.717, 1.165) is 0 Å². The number of nitrogens with zero attached hydrogens (tertiary/aromatic N) is 5. The minimum atomic E-state index is -3.52. The molecule has 4 rings (SSSR count). The number of rotatable bonds is 4. The lowest BCUT2D eigenvalue weighted by Crippen LogP contribution is -2.40. The molecule has 0 amide bonds. The van der Waals surface area contributed by atoms with E-state index in [1.54, 1.807) is 30.3 Å². The summed E-state index contributed by atoms with van der Waals surface area (Å²) in [7, 11) is -3.52. The minimum absolute atomic E-state index is 0.239. The van der Waals surface area contributed by atoms with Gasteiger partial charge in [-0.25, -0.2) is 8.42 Å². The number of fused-ring (bicyclic) bond motifs is 1. The molecular weight excluding hydrogens is 380 g/mol. The first-order valence-electron chi connectivity index (χ1n) is 7.85. The number of nitrogens with one attached hydrogen (secondary N) is 1. The molecule has 0 unspecified atom stereocenters. The highest BCUT2D eigenvalue weighted by Gasteiger charge is 2.26. The third kappa shape index (κ3) is 3.23. The van der Waals surface area contributed by atoms with Crippen LogP contribution in [0, 0.1) is 0 Å². The van der Waals surface area contributed by atoms with Crippen molar-refractivity contribution in [3.63, 3.8) is 0 Å². The summed E-state index contributed by atoms with van der Waals surface area (Å²) in [5.74, 6) is 0.938. The van der Waals surface area contributed by atoms with E-state index in [1.807, 2.05) is 0 Å². The van der Waals surface area contributed by atoms with E-state index in [9.17, 15) is 8.42 Å². The van der Waals surface area contributed by atoms with Crippen molar-refractivity contribution >= 4 is 38.9 Å². The quantitative estimate of drug-likeness (QED) is 0.669. The molecule has 26 heavy (non-hydrogen) atoms. The molecule has 0 saturated carbocycles. The number of sulfonamides is 1. The van der Waals surface area contributed by atoms with Crippen molar-refractivity contribution in [3.05, 3.63) is 41.8 Å². The van der Waals surface area contributed by atoms with Gasteiger partial charge in [-0.15, -0.1) is 0 Å². The average molecular weight is 395 g/mol. The highest BCUT2D eigenvalue weighted by atomic mass is 35.5. The molecule has 1 saturated heterocycles. The summed E-state index contributed by atoms with van der Waals surface area (Å²) < 4.78 is 33.4. The molecule has 136 valence electrons. The van der Waals surface area contributed by atoms with Gasteiger partial charge in [-0.2, -0.15) is 23.9 Å². The van der Waals surface area contributed by atoms with Gasteiger partial charge in [-0.05, 0) is 24.3 Å². The van der Waals surface area contributed by atoms with Crippen LogP contribution in [0.15, 0.2) is 41.6 Å². The van der Waals surface area contributed by atoms with Crippen molar-refractivity contribution in [1.29, 1.82) is 0 Å². The minimum Gasteiger partial charge on any atom is -0.379 e. The molecule has 0 bridgehead atoms. The molecule has 9 nitrogen and oxygen atoms in total. The first-order valence-corrected chi connectivity index (χ1v) is 9.67. The van der Waals surface area contributed by atoms with Crippen LogP contribution >= 0.6 is 11.6 Å². The van der Waals surface area contributed by atoms with Crippen LogP contribution < -0.4 is 5.32 Å². The van der Waals surface area contributed by atoms with Gasteiger partial charge in [-0.3, -0.25) is 0 Å². The zero-order chi connectivity index (χ0) is 18.1. The van der Waals surface area contributed by atoms with E-state index in [4.69, 9.17) is 16.3 Å². The van der Waals surface area contributed by atoms with Gasteiger partial charge in [0.2, 0.25) is 10.0 Å². The number of hydrogen-bond acceptors (Lipinski definition) is 7. The lowest BCUT2D eigenvalue weighted by molar-refractivity contribution is 0.0730. The number of ether oxygens (including phenoxy) is 1. The average Bonchev–Trinajstić information content (AvgIpc) is 3.11. The van der Waals surface area contributed by atoms with Gasteiger partial charge in [0.05, 0.1) is 18.1 Å². The molecular formula is C15H15ClN6O3S. The van der Waals surface area contributed by atoms with Crippen molar-refractivity contribution in [2.24, 2.45) is 0 Å². The summed E-state index contributed by atoms with van der Waals surface area (Å²) in [4.78, 5) is 8.30. The Hall–Kier alpha value is -2.27. The molecule has 2 aromatic heterocycles. The van der Waals surface area contributed by atoms with Crippen molar-refractivity contribution in [1.82, 2.24) is 23.9 Å². The standard InChI is InChI=1S/C15H15ClN6O3S/c16-13-9-14(22-15(20-13)17-10-18-22)19-11-1-3-12(4-2-11)26(23,24)21-5-7-25-8-6-21/h1-4,9-10,19H,5-8H2. The second kappa shape index (κ2) is 6.80. The Morgan fingerprint density at radius 3 is 2.62 bits per heavy atom. The Bertz CT molecular complexity index is 1030. The van der Waals surface area contributed by atoms with Crippen LogP contribution in [0.1, 0.15) is 0 Å². The van der Waals surface area contributed by atoms with Gasteiger partial charge in [0, 0.05) is 24.8 Å². The topological polar surface area (TPSA) is 102 Å². The van der Waals surface area contributed by atoms with E-state index in [1.165, 1.54) is 15.1 Å². The van der Waals surface area contributed by atoms with E-state index in [-0.39, 0.29) is 10.0 Å². The predicted molar refractivity (Wildman–Crippen MR) is 95.1 cm³/mol. The number of anilines is 2. The lowest BCUT2D eigenvalue weighted by Gasteiger charge is -2.26. The Morgan fingerprint density at radius 2 is 1.88 bits per heavy atom. The summed E-state index contributed by atoms with van der Waals surface area (Å²) in [6.07, 6.45) is 1.38. The smallest absolute Gasteiger partial charge is 0.255 e. The van der Waals surface area contributed by atoms with Crippen molar-refractivity contribution in [2.75, 3.05) is 31.6 Å². The fourth-order valence-electron chi connectivity index (χ4n) is 2.67. The summed E-state index contributed by atoms with van der Waals surface area (Å²) in [5.41, 5.74) is 0.685. The maximum absolute atomic E-state index is 12.6. The first kappa shape index (κ1) is 17.2. The summed E-state index contributed by atoms with van der Waals surface area (Å²) >= 11 is 5.99. The van der Waals surface area contributed by atoms with Crippen LogP contribution in [0.2, 0.25) is 5.15 Å². The third-order valence-electron chi connectivity index (χ3n) is 3.96. The van der Waals surface area contributed by atoms with Crippen LogP contribution in [0.3, 0.4) is 0 Å². The predicted octanol–water partition coefficient (Wildman–Crippen LogP) is 1.54. The molecule has 1 fully saturated rings. The zero-order valence-corrected chi connectivity index (χ0v) is 15.1. The number of aromatic nitrogens is 4. The van der Waals surface area contributed by atoms with Crippen molar-refractivity contribution in [3.8, 4) is 0 Å². The van der Waals surface area contributed by atoms with Gasteiger partial charge >= 0.3 is 0 Å². The fraction of sp³-hybridized carbons (Fsp3) is 0.267. The summed E-state index contributed by atoms with van der Waals surface area (Å²) in [5, 5.41) is 7.50. The molecule has 0 spiro atoms. The molecule has 0 aliphatic carbocycles. The maximum Gasteiger partial charge on any atom is 0.255 e. The number of halogens is 1. The maximum atomic E-state index is 12.6. The lowest BCUT2D eigenvalue weighted by atomic mass is 10.3. The van der Waals surface area contributed by atoms with Crippen LogP contribution in [-0.2, 0) is 14.8 Å². The molecule has 0 radical (unpaired) electrons. The van der Waals surface area contributed by atoms with Gasteiger partial charge in [0.1, 0.15) is 17.3 Å². The molecule has 1 aliphatic rings. The van der Waals surface area contributed by atoms with Crippen LogP contribution in [0.5, 0.6) is 0 Å². The van der Waals surface area contributed by atoms with Crippen LogP contribution in [0.25, 0.3) is 5.78 Å². The highest BCUT2D eigenvalue weighted by Crippen LogP contribution is 2.23. The molecule has 1 N–H and O–H groups in total. The Balaban J connectivity index is 1.59. The Kier molecular flexibility index (Phi) is 4.49. The molecule has 11 heteroatoms. The van der Waals surface area contributed by atoms with Gasteiger partial charge in [0.15, 0.2) is 0 Å². The number of hydrogen-bond donors (Lipinski definition) is 1. The Morgan fingerprint density at radius 1 is 1.15 bits per heavy atom. The normalized spacial score (nSPS) is 16.0. The van der Waals surface area contributed by atoms with Crippen molar-refractivity contribution < 1.29 is 13.2 Å². The van der Waals surface area contributed by atoms with E-state index in [2.05, 4.69) is 20.4 Å². The van der Waals surface area contributed by atoms with Crippen molar-refractivity contribution in [2.45, 2.75) is 4.90 Å². The summed E-state index contributed by atoms with van der Waals surface area (Å²) in [6.45, 7) is 1.55. The molecule has 0 atom stereocenters. The molecule has 3 heterocycles. The molecule has 1 aliphatic heterocycles. The van der Waals surface area contributed by atoms with Gasteiger partial charge in [-0.1, -0.05) is 11.6 Å². The number of benzene rings is 1. The van der Waals surface area contributed by atoms with Gasteiger partial charge in [0.25, 0.3) is 5.78 Å². The van der Waals surface area contributed by atoms with E-state index < -0.39 is 10.0 Å². The zero-order valence-electron chi connectivity index (χ0n) is 13.5. The van der Waals surface area contributed by atoms with E-state index in [0.29, 0.717) is 43.6 Å². The largest absolute Gasteiger partial charge is 0.379 e. The van der Waals surface area contributed by atoms with Gasteiger partial charge < -0.3 is 10.1 Å². The third-order valence-corrected chi connectivity index (χ3v) is 6.06. The fourth-order valence-corrected chi connectivity index (χ4v) is 4.25. The summed E-state index contributed by atoms with van der Waals surface area (Å²) in [6, 6.07) is 8.11. The first-order chi connectivity index (χ1) is 12.5. The second-order valence-electron chi connectivity index (χ2n) is 5.60. The number of morpholine rings is 1. The molecule has 3 aromatic rings. The highest BCUT2D eigenvalue weighted by molar-refractivity contribution is 7.89. The SMILES string of the molecule is O=S(=O)(c1ccc(Nc2cc(Cl)nc3ncnn23)cc1)N1CCOCC1. The van der Waals surface area contributed by atoms with E-state index >= 15 is 0 Å². The van der Waals surface area contributed by atoms with Crippen LogP contribution in [-0.4, -0.2) is 58.6 Å². The van der Waals surface area contributed by atoms with Crippen LogP contribution in [0.4, 0.5) is 11.5 Å². The molecule has 1 aromatic carbocycles. The second-order valence-corrected chi connectivity index (χ2v) is 7.93.